The Morgan fingerprint density at radius 1 is 0.857 bits per heavy atom. The number of benzene rings is 1. The first-order chi connectivity index (χ1) is 13.6. The second-order valence-corrected chi connectivity index (χ2v) is 7.56. The first-order valence-corrected chi connectivity index (χ1v) is 9.87. The van der Waals surface area contributed by atoms with Gasteiger partial charge in [0.25, 0.3) is 0 Å². The lowest BCUT2D eigenvalue weighted by atomic mass is 10.0. The largest absolute Gasteiger partial charge is 0.363 e. The molecule has 1 aromatic carbocycles. The number of aromatic nitrogens is 3. The van der Waals surface area contributed by atoms with Crippen molar-refractivity contribution < 1.29 is 0 Å². The van der Waals surface area contributed by atoms with Crippen LogP contribution in [0, 0.1) is 6.92 Å². The summed E-state index contributed by atoms with van der Waals surface area (Å²) in [5.74, 6) is 1.76. The molecule has 0 aliphatic rings. The van der Waals surface area contributed by atoms with Crippen LogP contribution in [-0.2, 0) is 0 Å². The van der Waals surface area contributed by atoms with Crippen molar-refractivity contribution in [3.8, 4) is 22.4 Å². The van der Waals surface area contributed by atoms with E-state index in [1.165, 1.54) is 0 Å². The predicted octanol–water partition coefficient (Wildman–Crippen LogP) is 5.39. The summed E-state index contributed by atoms with van der Waals surface area (Å²) in [6.45, 7) is 1.98. The molecule has 4 aromatic rings. The molecule has 4 rings (SSSR count). The lowest BCUT2D eigenvalue weighted by molar-refractivity contribution is 1.07. The molecule has 0 fully saturated rings. The van der Waals surface area contributed by atoms with E-state index in [1.54, 1.807) is 11.3 Å². The van der Waals surface area contributed by atoms with E-state index in [-0.39, 0.29) is 0 Å². The summed E-state index contributed by atoms with van der Waals surface area (Å²) < 4.78 is 0. The summed E-state index contributed by atoms with van der Waals surface area (Å²) in [7, 11) is 3.98. The van der Waals surface area contributed by atoms with Crippen molar-refractivity contribution in [2.45, 2.75) is 6.92 Å². The van der Waals surface area contributed by atoms with Gasteiger partial charge < -0.3 is 10.2 Å². The molecule has 1 N–H and O–H groups in total. The molecule has 0 aliphatic carbocycles. The van der Waals surface area contributed by atoms with E-state index in [9.17, 15) is 0 Å². The predicted molar refractivity (Wildman–Crippen MR) is 117 cm³/mol. The Morgan fingerprint density at radius 3 is 2.29 bits per heavy atom. The van der Waals surface area contributed by atoms with E-state index in [0.29, 0.717) is 0 Å². The maximum Gasteiger partial charge on any atom is 0.188 e. The molecule has 0 saturated carbocycles. The van der Waals surface area contributed by atoms with E-state index in [4.69, 9.17) is 0 Å². The Bertz CT molecular complexity index is 1070. The Kier molecular flexibility index (Phi) is 5.04. The van der Waals surface area contributed by atoms with Crippen molar-refractivity contribution in [2.24, 2.45) is 0 Å². The first kappa shape index (κ1) is 18.1. The molecule has 6 heteroatoms. The van der Waals surface area contributed by atoms with Gasteiger partial charge in [-0.25, -0.2) is 15.0 Å². The number of aryl methyl sites for hydroxylation is 1. The quantitative estimate of drug-likeness (QED) is 0.498. The van der Waals surface area contributed by atoms with Gasteiger partial charge in [0, 0.05) is 42.5 Å². The van der Waals surface area contributed by atoms with Gasteiger partial charge in [-0.3, -0.25) is 0 Å². The minimum Gasteiger partial charge on any atom is -0.363 e. The van der Waals surface area contributed by atoms with E-state index in [0.717, 1.165) is 44.8 Å². The zero-order chi connectivity index (χ0) is 19.5. The number of pyridine rings is 2. The van der Waals surface area contributed by atoms with Gasteiger partial charge in [0.1, 0.15) is 11.6 Å². The van der Waals surface area contributed by atoms with Crippen molar-refractivity contribution in [3.63, 3.8) is 0 Å². The van der Waals surface area contributed by atoms with Gasteiger partial charge in [-0.15, -0.1) is 11.3 Å². The maximum atomic E-state index is 4.69. The topological polar surface area (TPSA) is 53.9 Å². The Labute approximate surface area is 168 Å². The highest BCUT2D eigenvalue weighted by molar-refractivity contribution is 7.14. The zero-order valence-electron chi connectivity index (χ0n) is 16.0. The van der Waals surface area contributed by atoms with E-state index < -0.39 is 0 Å². The molecule has 0 radical (unpaired) electrons. The van der Waals surface area contributed by atoms with Gasteiger partial charge in [0.2, 0.25) is 0 Å². The van der Waals surface area contributed by atoms with E-state index in [1.807, 2.05) is 56.4 Å². The average molecular weight is 388 g/mol. The van der Waals surface area contributed by atoms with Crippen LogP contribution < -0.4 is 10.2 Å². The third-order valence-corrected chi connectivity index (χ3v) is 5.11. The highest BCUT2D eigenvalue weighted by Gasteiger charge is 2.07. The fourth-order valence-electron chi connectivity index (χ4n) is 2.84. The summed E-state index contributed by atoms with van der Waals surface area (Å²) >= 11 is 1.57. The number of thiazole rings is 1. The van der Waals surface area contributed by atoms with Crippen LogP contribution >= 0.6 is 11.3 Å². The second-order valence-electron chi connectivity index (χ2n) is 6.70. The zero-order valence-corrected chi connectivity index (χ0v) is 16.9. The van der Waals surface area contributed by atoms with Crippen LogP contribution in [0.2, 0.25) is 0 Å². The highest BCUT2D eigenvalue weighted by Crippen LogP contribution is 2.29. The number of nitrogens with zero attached hydrogens (tertiary/aromatic N) is 4. The fourth-order valence-corrected chi connectivity index (χ4v) is 3.57. The van der Waals surface area contributed by atoms with Crippen molar-refractivity contribution in [2.75, 3.05) is 24.3 Å². The minimum absolute atomic E-state index is 0.810. The van der Waals surface area contributed by atoms with E-state index >= 15 is 0 Å². The lowest BCUT2D eigenvalue weighted by Crippen LogP contribution is -2.09. The molecule has 0 saturated heterocycles. The number of hydrogen-bond acceptors (Lipinski definition) is 6. The molecule has 0 unspecified atom stereocenters. The van der Waals surface area contributed by atoms with Crippen molar-refractivity contribution >= 4 is 28.1 Å². The summed E-state index contributed by atoms with van der Waals surface area (Å²) in [5.41, 5.74) is 5.25. The maximum absolute atomic E-state index is 4.69. The standard InChI is InChI=1S/C22H21N5S/c1-15-5-4-6-20(24-15)26-22-25-19(14-28-22)17-9-7-16(8-10-17)18-11-12-21(23-13-18)27(2)3/h4-14H,1-3H3,(H,24,25,26). The Morgan fingerprint density at radius 2 is 1.61 bits per heavy atom. The van der Waals surface area contributed by atoms with Gasteiger partial charge in [-0.05, 0) is 36.8 Å². The van der Waals surface area contributed by atoms with Crippen molar-refractivity contribution in [3.05, 3.63) is 71.9 Å². The summed E-state index contributed by atoms with van der Waals surface area (Å²) in [6.07, 6.45) is 1.91. The molecule has 0 spiro atoms. The number of hydrogen-bond donors (Lipinski definition) is 1. The Balaban J connectivity index is 1.50. The first-order valence-electron chi connectivity index (χ1n) is 8.99. The second kappa shape index (κ2) is 7.78. The summed E-state index contributed by atoms with van der Waals surface area (Å²) in [5, 5.41) is 6.16. The molecule has 0 aliphatic heterocycles. The monoisotopic (exact) mass is 387 g/mol. The molecule has 140 valence electrons. The molecular weight excluding hydrogens is 366 g/mol. The number of rotatable bonds is 5. The van der Waals surface area contributed by atoms with Gasteiger partial charge in [0.15, 0.2) is 5.13 Å². The normalized spacial score (nSPS) is 10.7. The molecular formula is C22H21N5S. The van der Waals surface area contributed by atoms with Crippen LogP contribution in [-0.4, -0.2) is 29.0 Å². The van der Waals surface area contributed by atoms with Crippen molar-refractivity contribution in [1.82, 2.24) is 15.0 Å². The van der Waals surface area contributed by atoms with Gasteiger partial charge >= 0.3 is 0 Å². The average Bonchev–Trinajstić information content (AvgIpc) is 3.17. The molecule has 0 bridgehead atoms. The van der Waals surface area contributed by atoms with Gasteiger partial charge in [0.05, 0.1) is 5.69 Å². The molecule has 5 nitrogen and oxygen atoms in total. The van der Waals surface area contributed by atoms with Crippen LogP contribution in [0.5, 0.6) is 0 Å². The third kappa shape index (κ3) is 4.02. The van der Waals surface area contributed by atoms with Crippen LogP contribution in [0.15, 0.2) is 66.2 Å². The van der Waals surface area contributed by atoms with Crippen molar-refractivity contribution in [1.29, 1.82) is 0 Å². The van der Waals surface area contributed by atoms with Crippen LogP contribution in [0.1, 0.15) is 5.69 Å². The van der Waals surface area contributed by atoms with Gasteiger partial charge in [-0.2, -0.15) is 0 Å². The Hall–Kier alpha value is -3.25. The number of anilines is 3. The summed E-state index contributed by atoms with van der Waals surface area (Å²) in [6, 6.07) is 18.4. The fraction of sp³-hybridized carbons (Fsp3) is 0.136. The van der Waals surface area contributed by atoms with Crippen LogP contribution in [0.25, 0.3) is 22.4 Å². The highest BCUT2D eigenvalue weighted by atomic mass is 32.1. The lowest BCUT2D eigenvalue weighted by Gasteiger charge is -2.11. The molecule has 0 amide bonds. The van der Waals surface area contributed by atoms with Crippen LogP contribution in [0.4, 0.5) is 16.8 Å². The molecule has 28 heavy (non-hydrogen) atoms. The minimum atomic E-state index is 0.810. The van der Waals surface area contributed by atoms with Crippen LogP contribution in [0.3, 0.4) is 0 Å². The third-order valence-electron chi connectivity index (χ3n) is 4.35. The number of nitrogens with one attached hydrogen (secondary N) is 1. The van der Waals surface area contributed by atoms with Gasteiger partial charge in [-0.1, -0.05) is 30.3 Å². The SMILES string of the molecule is Cc1cccc(Nc2nc(-c3ccc(-c4ccc(N(C)C)nc4)cc3)cs2)n1. The molecule has 3 heterocycles. The smallest absolute Gasteiger partial charge is 0.188 e. The van der Waals surface area contributed by atoms with E-state index in [2.05, 4.69) is 56.0 Å². The molecule has 0 atom stereocenters. The summed E-state index contributed by atoms with van der Waals surface area (Å²) in [4.78, 5) is 15.6. The molecule has 3 aromatic heterocycles.